The van der Waals surface area contributed by atoms with Gasteiger partial charge in [-0.15, -0.1) is 10.2 Å². The molecule has 0 bridgehead atoms. The van der Waals surface area contributed by atoms with E-state index in [1.807, 2.05) is 10.6 Å². The van der Waals surface area contributed by atoms with Crippen molar-refractivity contribution >= 4 is 11.6 Å². The maximum absolute atomic E-state index is 14.6. The fourth-order valence-corrected chi connectivity index (χ4v) is 3.54. The summed E-state index contributed by atoms with van der Waals surface area (Å²) in [6.45, 7) is 0.563. The number of ether oxygens (including phenoxy) is 2. The van der Waals surface area contributed by atoms with E-state index in [4.69, 9.17) is 9.47 Å². The molecule has 0 spiro atoms. The largest absolute Gasteiger partial charge is 0.493 e. The number of carbonyl (C=O) groups excluding carboxylic acids is 1. The second-order valence-electron chi connectivity index (χ2n) is 7.08. The number of amides is 1. The highest BCUT2D eigenvalue weighted by molar-refractivity contribution is 5.92. The van der Waals surface area contributed by atoms with Crippen molar-refractivity contribution in [2.45, 2.75) is 32.2 Å². The third-order valence-electron chi connectivity index (χ3n) is 5.03. The predicted octanol–water partition coefficient (Wildman–Crippen LogP) is 3.84. The standard InChI is InChI=1S/C22H23FN4O3/c1-29-18-7-4-5-8-19(18)30-14-21(28)24-15-10-11-17(23)16(13-15)22-26-25-20-9-3-2-6-12-27(20)22/h4-5,7-8,10-11,13H,2-3,6,9,12,14H2,1H3,(H,24,28). The molecular weight excluding hydrogens is 387 g/mol. The van der Waals surface area contributed by atoms with Crippen LogP contribution in [0.1, 0.15) is 25.1 Å². The van der Waals surface area contributed by atoms with Gasteiger partial charge in [0.15, 0.2) is 23.9 Å². The number of benzene rings is 2. The van der Waals surface area contributed by atoms with Crippen LogP contribution < -0.4 is 14.8 Å². The normalized spacial score (nSPS) is 13.3. The van der Waals surface area contributed by atoms with E-state index in [2.05, 4.69) is 15.5 Å². The highest BCUT2D eigenvalue weighted by Crippen LogP contribution is 2.28. The molecule has 1 amide bonds. The van der Waals surface area contributed by atoms with E-state index in [0.29, 0.717) is 28.6 Å². The summed E-state index contributed by atoms with van der Waals surface area (Å²) in [5, 5.41) is 11.2. The van der Waals surface area contributed by atoms with Crippen LogP contribution in [-0.2, 0) is 17.8 Å². The quantitative estimate of drug-likeness (QED) is 0.668. The minimum absolute atomic E-state index is 0.201. The average Bonchev–Trinajstić information content (AvgIpc) is 3.01. The molecule has 0 aliphatic carbocycles. The van der Waals surface area contributed by atoms with Crippen molar-refractivity contribution in [1.29, 1.82) is 0 Å². The Balaban J connectivity index is 1.48. The highest BCUT2D eigenvalue weighted by atomic mass is 19.1. The lowest BCUT2D eigenvalue weighted by atomic mass is 10.1. The van der Waals surface area contributed by atoms with Crippen molar-refractivity contribution < 1.29 is 18.7 Å². The van der Waals surface area contributed by atoms with Crippen molar-refractivity contribution in [3.05, 3.63) is 54.1 Å². The zero-order valence-corrected chi connectivity index (χ0v) is 16.7. The molecule has 0 unspecified atom stereocenters. The van der Waals surface area contributed by atoms with Crippen molar-refractivity contribution in [1.82, 2.24) is 14.8 Å². The van der Waals surface area contributed by atoms with Crippen LogP contribution >= 0.6 is 0 Å². The topological polar surface area (TPSA) is 78.3 Å². The number of fused-ring (bicyclic) bond motifs is 1. The lowest BCUT2D eigenvalue weighted by Crippen LogP contribution is -2.20. The fraction of sp³-hybridized carbons (Fsp3) is 0.318. The fourth-order valence-electron chi connectivity index (χ4n) is 3.54. The molecule has 1 aliphatic heterocycles. The lowest BCUT2D eigenvalue weighted by Gasteiger charge is -2.12. The Labute approximate surface area is 173 Å². The van der Waals surface area contributed by atoms with Gasteiger partial charge in [-0.2, -0.15) is 0 Å². The number of nitrogens with zero attached hydrogens (tertiary/aromatic N) is 3. The first kappa shape index (κ1) is 19.9. The first-order valence-electron chi connectivity index (χ1n) is 9.93. The number of halogens is 1. The van der Waals surface area contributed by atoms with Gasteiger partial charge in [0.05, 0.1) is 12.7 Å². The van der Waals surface area contributed by atoms with E-state index in [1.165, 1.54) is 19.2 Å². The monoisotopic (exact) mass is 410 g/mol. The zero-order chi connectivity index (χ0) is 20.9. The molecule has 156 valence electrons. The van der Waals surface area contributed by atoms with Gasteiger partial charge in [-0.3, -0.25) is 4.79 Å². The smallest absolute Gasteiger partial charge is 0.262 e. The Morgan fingerprint density at radius 2 is 1.97 bits per heavy atom. The van der Waals surface area contributed by atoms with Crippen LogP contribution in [0, 0.1) is 5.82 Å². The first-order chi connectivity index (χ1) is 14.7. The summed E-state index contributed by atoms with van der Waals surface area (Å²) in [4.78, 5) is 12.3. The van der Waals surface area contributed by atoms with Crippen LogP contribution in [0.4, 0.5) is 10.1 Å². The number of nitrogens with one attached hydrogen (secondary N) is 1. The summed E-state index contributed by atoms with van der Waals surface area (Å²) in [7, 11) is 1.54. The molecular formula is C22H23FN4O3. The molecule has 30 heavy (non-hydrogen) atoms. The summed E-state index contributed by atoms with van der Waals surface area (Å²) >= 11 is 0. The third kappa shape index (κ3) is 4.27. The van der Waals surface area contributed by atoms with E-state index in [1.54, 1.807) is 24.3 Å². The lowest BCUT2D eigenvalue weighted by molar-refractivity contribution is -0.118. The van der Waals surface area contributed by atoms with E-state index in [9.17, 15) is 9.18 Å². The Morgan fingerprint density at radius 3 is 2.80 bits per heavy atom. The van der Waals surface area contributed by atoms with Gasteiger partial charge < -0.3 is 19.4 Å². The second kappa shape index (κ2) is 8.94. The van der Waals surface area contributed by atoms with Gasteiger partial charge in [0.25, 0.3) is 5.91 Å². The minimum atomic E-state index is -0.405. The summed E-state index contributed by atoms with van der Waals surface area (Å²) in [6, 6.07) is 11.5. The van der Waals surface area contributed by atoms with Crippen LogP contribution in [0.5, 0.6) is 11.5 Å². The number of carbonyl (C=O) groups is 1. The minimum Gasteiger partial charge on any atom is -0.493 e. The van der Waals surface area contributed by atoms with Crippen molar-refractivity contribution in [2.75, 3.05) is 19.0 Å². The molecule has 8 heteroatoms. The van der Waals surface area contributed by atoms with E-state index < -0.39 is 5.82 Å². The first-order valence-corrected chi connectivity index (χ1v) is 9.93. The molecule has 4 rings (SSSR count). The molecule has 1 aromatic heterocycles. The van der Waals surface area contributed by atoms with Gasteiger partial charge in [0.2, 0.25) is 0 Å². The van der Waals surface area contributed by atoms with Crippen LogP contribution in [0.3, 0.4) is 0 Å². The molecule has 2 heterocycles. The summed E-state index contributed by atoms with van der Waals surface area (Å²) in [5.41, 5.74) is 0.782. The molecule has 3 aromatic rings. The number of hydrogen-bond donors (Lipinski definition) is 1. The van der Waals surface area contributed by atoms with Crippen molar-refractivity contribution in [2.24, 2.45) is 0 Å². The molecule has 1 N–H and O–H groups in total. The second-order valence-corrected chi connectivity index (χ2v) is 7.08. The van der Waals surface area contributed by atoms with Crippen LogP contribution in [0.2, 0.25) is 0 Å². The molecule has 7 nitrogen and oxygen atoms in total. The van der Waals surface area contributed by atoms with Gasteiger partial charge >= 0.3 is 0 Å². The molecule has 1 aliphatic rings. The van der Waals surface area contributed by atoms with Gasteiger partial charge in [-0.1, -0.05) is 18.6 Å². The maximum Gasteiger partial charge on any atom is 0.262 e. The van der Waals surface area contributed by atoms with Crippen LogP contribution in [0.25, 0.3) is 11.4 Å². The number of rotatable bonds is 6. The average molecular weight is 410 g/mol. The summed E-state index contributed by atoms with van der Waals surface area (Å²) in [6.07, 6.45) is 4.03. The summed E-state index contributed by atoms with van der Waals surface area (Å²) in [5.74, 6) is 1.62. The molecule has 2 aromatic carbocycles. The summed E-state index contributed by atoms with van der Waals surface area (Å²) < 4.78 is 27.3. The van der Waals surface area contributed by atoms with E-state index in [-0.39, 0.29) is 12.5 Å². The number of methoxy groups -OCH3 is 1. The van der Waals surface area contributed by atoms with Crippen LogP contribution in [-0.4, -0.2) is 34.4 Å². The Kier molecular flexibility index (Phi) is 5.92. The Hall–Kier alpha value is -3.42. The number of anilines is 1. The number of para-hydroxylation sites is 2. The van der Waals surface area contributed by atoms with Gasteiger partial charge in [0, 0.05) is 18.7 Å². The van der Waals surface area contributed by atoms with Crippen molar-refractivity contribution in [3.8, 4) is 22.9 Å². The van der Waals surface area contributed by atoms with E-state index in [0.717, 1.165) is 38.1 Å². The SMILES string of the molecule is COc1ccccc1OCC(=O)Nc1ccc(F)c(-c2nnc3n2CCCCC3)c1. The molecule has 0 atom stereocenters. The van der Waals surface area contributed by atoms with Crippen LogP contribution in [0.15, 0.2) is 42.5 Å². The van der Waals surface area contributed by atoms with Gasteiger partial charge in [-0.25, -0.2) is 4.39 Å². The molecule has 0 saturated heterocycles. The molecule has 0 fully saturated rings. The van der Waals surface area contributed by atoms with Crippen molar-refractivity contribution in [3.63, 3.8) is 0 Å². The van der Waals surface area contributed by atoms with Gasteiger partial charge in [0.1, 0.15) is 11.6 Å². The van der Waals surface area contributed by atoms with Gasteiger partial charge in [-0.05, 0) is 43.2 Å². The predicted molar refractivity (Wildman–Crippen MR) is 110 cm³/mol. The Bertz CT molecular complexity index is 1050. The number of aryl methyl sites for hydroxylation is 1. The molecule has 0 radical (unpaired) electrons. The highest BCUT2D eigenvalue weighted by Gasteiger charge is 2.19. The van der Waals surface area contributed by atoms with E-state index >= 15 is 0 Å². The maximum atomic E-state index is 14.6. The number of hydrogen-bond acceptors (Lipinski definition) is 5. The number of aromatic nitrogens is 3. The zero-order valence-electron chi connectivity index (χ0n) is 16.7. The third-order valence-corrected chi connectivity index (χ3v) is 5.03. The molecule has 0 saturated carbocycles. The Morgan fingerprint density at radius 1 is 1.13 bits per heavy atom.